The van der Waals surface area contributed by atoms with Gasteiger partial charge in [-0.2, -0.15) is 15.0 Å². The molecule has 0 aliphatic carbocycles. The van der Waals surface area contributed by atoms with Crippen LogP contribution in [0.4, 0.5) is 11.9 Å². The van der Waals surface area contributed by atoms with Crippen LogP contribution in [0.25, 0.3) is 0 Å². The van der Waals surface area contributed by atoms with E-state index in [1.54, 1.807) is 9.80 Å². The number of carbonyl (C=O) groups is 1. The normalized spacial score (nSPS) is 12.0. The molecule has 0 saturated carbocycles. The minimum atomic E-state index is -0.123. The fourth-order valence-electron chi connectivity index (χ4n) is 2.35. The van der Waals surface area contributed by atoms with Gasteiger partial charge in [-0.05, 0) is 17.7 Å². The average molecular weight is 358 g/mol. The quantitative estimate of drug-likeness (QED) is 0.802. The van der Waals surface area contributed by atoms with E-state index in [1.165, 1.54) is 0 Å². The number of hydrogen-bond acceptors (Lipinski definition) is 8. The van der Waals surface area contributed by atoms with Gasteiger partial charge in [0.05, 0.1) is 13.0 Å². The summed E-state index contributed by atoms with van der Waals surface area (Å²) < 4.78 is 10.6. The van der Waals surface area contributed by atoms with Gasteiger partial charge in [0, 0.05) is 28.2 Å². The molecule has 1 aliphatic heterocycles. The molecule has 0 atom stereocenters. The Labute approximate surface area is 152 Å². The molecule has 1 aliphatic rings. The van der Waals surface area contributed by atoms with E-state index >= 15 is 0 Å². The van der Waals surface area contributed by atoms with Crippen LogP contribution in [0.3, 0.4) is 0 Å². The highest BCUT2D eigenvalue weighted by Gasteiger charge is 2.15. The first-order valence-electron chi connectivity index (χ1n) is 8.17. The first-order valence-corrected chi connectivity index (χ1v) is 8.17. The number of nitrogens with one attached hydrogen (secondary N) is 1. The predicted molar refractivity (Wildman–Crippen MR) is 96.6 cm³/mol. The number of anilines is 2. The van der Waals surface area contributed by atoms with Gasteiger partial charge in [0.25, 0.3) is 0 Å². The number of nitrogens with zero attached hydrogens (tertiary/aromatic N) is 5. The van der Waals surface area contributed by atoms with E-state index in [2.05, 4.69) is 20.3 Å². The van der Waals surface area contributed by atoms with Crippen LogP contribution in [0, 0.1) is 0 Å². The number of amides is 1. The number of ether oxygens (including phenoxy) is 2. The second kappa shape index (κ2) is 7.42. The maximum absolute atomic E-state index is 12.2. The molecule has 0 fully saturated rings. The van der Waals surface area contributed by atoms with Crippen molar-refractivity contribution in [2.24, 2.45) is 0 Å². The van der Waals surface area contributed by atoms with Crippen LogP contribution in [0.2, 0.25) is 0 Å². The van der Waals surface area contributed by atoms with E-state index < -0.39 is 0 Å². The third-order valence-electron chi connectivity index (χ3n) is 3.70. The molecule has 138 valence electrons. The van der Waals surface area contributed by atoms with Crippen LogP contribution in [-0.2, 0) is 17.8 Å². The molecule has 9 heteroatoms. The molecule has 0 saturated heterocycles. The Bertz CT molecular complexity index is 783. The molecule has 0 radical (unpaired) electrons. The highest BCUT2D eigenvalue weighted by molar-refractivity contribution is 5.78. The number of aromatic nitrogens is 3. The van der Waals surface area contributed by atoms with Crippen molar-refractivity contribution in [1.82, 2.24) is 20.3 Å². The molecule has 1 N–H and O–H groups in total. The van der Waals surface area contributed by atoms with Crippen LogP contribution < -0.4 is 24.6 Å². The zero-order valence-electron chi connectivity index (χ0n) is 15.3. The molecule has 2 aromatic rings. The van der Waals surface area contributed by atoms with E-state index in [0.717, 1.165) is 5.56 Å². The lowest BCUT2D eigenvalue weighted by Crippen LogP contribution is -2.27. The third kappa shape index (κ3) is 4.11. The molecular formula is C17H22N6O3. The highest BCUT2D eigenvalue weighted by atomic mass is 16.7. The smallest absolute Gasteiger partial charge is 0.231 e. The molecule has 9 nitrogen and oxygen atoms in total. The largest absolute Gasteiger partial charge is 0.454 e. The van der Waals surface area contributed by atoms with Crippen LogP contribution in [0.15, 0.2) is 18.2 Å². The van der Waals surface area contributed by atoms with Gasteiger partial charge in [-0.15, -0.1) is 0 Å². The molecule has 26 heavy (non-hydrogen) atoms. The minimum Gasteiger partial charge on any atom is -0.454 e. The second-order valence-electron chi connectivity index (χ2n) is 6.28. The van der Waals surface area contributed by atoms with Crippen molar-refractivity contribution in [2.45, 2.75) is 13.0 Å². The van der Waals surface area contributed by atoms with Gasteiger partial charge in [-0.3, -0.25) is 4.79 Å². The van der Waals surface area contributed by atoms with Crippen LogP contribution >= 0.6 is 0 Å². The summed E-state index contributed by atoms with van der Waals surface area (Å²) in [7, 11) is 7.43. The maximum atomic E-state index is 12.2. The molecule has 1 aromatic carbocycles. The Hall–Kier alpha value is -3.10. The van der Waals surface area contributed by atoms with E-state index in [9.17, 15) is 4.79 Å². The number of rotatable bonds is 6. The summed E-state index contributed by atoms with van der Waals surface area (Å²) in [5.74, 6) is 2.84. The van der Waals surface area contributed by atoms with E-state index in [4.69, 9.17) is 9.47 Å². The zero-order chi connectivity index (χ0) is 18.7. The topological polar surface area (TPSA) is 92.7 Å². The van der Waals surface area contributed by atoms with Crippen LogP contribution in [0.1, 0.15) is 11.4 Å². The van der Waals surface area contributed by atoms with Gasteiger partial charge >= 0.3 is 0 Å². The Balaban J connectivity index is 1.64. The molecule has 0 spiro atoms. The van der Waals surface area contributed by atoms with Gasteiger partial charge in [0.15, 0.2) is 17.3 Å². The van der Waals surface area contributed by atoms with Crippen LogP contribution in [-0.4, -0.2) is 55.8 Å². The summed E-state index contributed by atoms with van der Waals surface area (Å²) in [4.78, 5) is 28.9. The van der Waals surface area contributed by atoms with E-state index in [-0.39, 0.29) is 25.7 Å². The fraction of sp³-hybridized carbons (Fsp3) is 0.412. The van der Waals surface area contributed by atoms with Crippen molar-refractivity contribution in [1.29, 1.82) is 0 Å². The van der Waals surface area contributed by atoms with Gasteiger partial charge in [0.2, 0.25) is 24.6 Å². The Morgan fingerprint density at radius 2 is 1.69 bits per heavy atom. The standard InChI is InChI=1S/C17H22N6O3/c1-22(2)16-19-14(20-17(21-16)23(3)4)9-18-15(24)8-11-5-6-12-13(7-11)26-10-25-12/h5-7H,8-10H2,1-4H3,(H,18,24). The molecule has 0 bridgehead atoms. The molecule has 3 rings (SSSR count). The first-order chi connectivity index (χ1) is 12.4. The van der Waals surface area contributed by atoms with Crippen molar-refractivity contribution < 1.29 is 14.3 Å². The molecule has 1 amide bonds. The lowest BCUT2D eigenvalue weighted by Gasteiger charge is -2.16. The monoisotopic (exact) mass is 358 g/mol. The Kier molecular flexibility index (Phi) is 5.06. The SMILES string of the molecule is CN(C)c1nc(CNC(=O)Cc2ccc3c(c2)OCO3)nc(N(C)C)n1. The van der Waals surface area contributed by atoms with E-state index in [1.807, 2.05) is 46.4 Å². The van der Waals surface area contributed by atoms with Crippen LogP contribution in [0.5, 0.6) is 11.5 Å². The zero-order valence-corrected chi connectivity index (χ0v) is 15.3. The number of benzene rings is 1. The summed E-state index contributed by atoms with van der Waals surface area (Å²) in [5, 5.41) is 2.85. The average Bonchev–Trinajstić information content (AvgIpc) is 3.07. The summed E-state index contributed by atoms with van der Waals surface area (Å²) in [6.45, 7) is 0.445. The van der Waals surface area contributed by atoms with Gasteiger partial charge in [0.1, 0.15) is 0 Å². The van der Waals surface area contributed by atoms with Gasteiger partial charge in [-0.1, -0.05) is 6.07 Å². The van der Waals surface area contributed by atoms with Crippen molar-refractivity contribution in [2.75, 3.05) is 44.8 Å². The van der Waals surface area contributed by atoms with Crippen molar-refractivity contribution in [3.8, 4) is 11.5 Å². The first kappa shape index (κ1) is 17.7. The summed E-state index contributed by atoms with van der Waals surface area (Å²) in [6, 6.07) is 5.48. The number of carbonyl (C=O) groups excluding carboxylic acids is 1. The Morgan fingerprint density at radius 3 is 2.35 bits per heavy atom. The molecular weight excluding hydrogens is 336 g/mol. The lowest BCUT2D eigenvalue weighted by molar-refractivity contribution is -0.120. The lowest BCUT2D eigenvalue weighted by atomic mass is 10.1. The van der Waals surface area contributed by atoms with Gasteiger partial charge < -0.3 is 24.6 Å². The third-order valence-corrected chi connectivity index (χ3v) is 3.70. The Morgan fingerprint density at radius 1 is 1.04 bits per heavy atom. The second-order valence-corrected chi connectivity index (χ2v) is 6.28. The number of fused-ring (bicyclic) bond motifs is 1. The highest BCUT2D eigenvalue weighted by Crippen LogP contribution is 2.32. The number of hydrogen-bond donors (Lipinski definition) is 1. The molecule has 1 aromatic heterocycles. The van der Waals surface area contributed by atoms with Gasteiger partial charge in [-0.25, -0.2) is 0 Å². The fourth-order valence-corrected chi connectivity index (χ4v) is 2.35. The van der Waals surface area contributed by atoms with E-state index in [0.29, 0.717) is 29.2 Å². The summed E-state index contributed by atoms with van der Waals surface area (Å²) in [6.07, 6.45) is 0.239. The van der Waals surface area contributed by atoms with Crippen molar-refractivity contribution in [3.63, 3.8) is 0 Å². The molecule has 0 unspecified atom stereocenters. The van der Waals surface area contributed by atoms with Crippen molar-refractivity contribution in [3.05, 3.63) is 29.6 Å². The molecule has 2 heterocycles. The predicted octanol–water partition coefficient (Wildman–Crippen LogP) is 0.591. The summed E-state index contributed by atoms with van der Waals surface area (Å²) in [5.41, 5.74) is 0.852. The summed E-state index contributed by atoms with van der Waals surface area (Å²) >= 11 is 0. The van der Waals surface area contributed by atoms with Crippen molar-refractivity contribution >= 4 is 17.8 Å². The minimum absolute atomic E-state index is 0.123. The maximum Gasteiger partial charge on any atom is 0.231 e.